The molecule has 0 atom stereocenters. The molecule has 130 valence electrons. The number of benzene rings is 2. The van der Waals surface area contributed by atoms with Crippen LogP contribution >= 0.6 is 0 Å². The predicted molar refractivity (Wildman–Crippen MR) is 90.9 cm³/mol. The molecule has 8 heteroatoms. The van der Waals surface area contributed by atoms with Gasteiger partial charge in [0.25, 0.3) is 10.1 Å². The lowest BCUT2D eigenvalue weighted by atomic mass is 9.99. The van der Waals surface area contributed by atoms with Crippen molar-refractivity contribution in [2.45, 2.75) is 24.7 Å². The van der Waals surface area contributed by atoms with E-state index < -0.39 is 26.4 Å². The Morgan fingerprint density at radius 1 is 1.12 bits per heavy atom. The molecule has 0 aliphatic heterocycles. The van der Waals surface area contributed by atoms with E-state index in [1.165, 1.54) is 24.3 Å². The van der Waals surface area contributed by atoms with Crippen molar-refractivity contribution in [1.82, 2.24) is 0 Å². The zero-order valence-corrected chi connectivity index (χ0v) is 14.1. The van der Waals surface area contributed by atoms with Gasteiger partial charge in [-0.25, -0.2) is 4.79 Å². The Balaban J connectivity index is 2.53. The van der Waals surface area contributed by atoms with Crippen LogP contribution in [0.4, 0.5) is 0 Å². The van der Waals surface area contributed by atoms with Gasteiger partial charge in [0.2, 0.25) is 5.43 Å². The zero-order chi connectivity index (χ0) is 18.5. The molecule has 7 nitrogen and oxygen atoms in total. The van der Waals surface area contributed by atoms with E-state index in [2.05, 4.69) is 0 Å². The van der Waals surface area contributed by atoms with E-state index >= 15 is 0 Å². The molecule has 25 heavy (non-hydrogen) atoms. The van der Waals surface area contributed by atoms with Crippen LogP contribution < -0.4 is 5.43 Å². The number of fused-ring (bicyclic) bond motifs is 2. The van der Waals surface area contributed by atoms with Gasteiger partial charge in [0, 0.05) is 0 Å². The van der Waals surface area contributed by atoms with Crippen molar-refractivity contribution in [1.29, 1.82) is 0 Å². The highest BCUT2D eigenvalue weighted by molar-refractivity contribution is 7.85. The van der Waals surface area contributed by atoms with Crippen LogP contribution in [0, 0.1) is 0 Å². The summed E-state index contributed by atoms with van der Waals surface area (Å²) in [6.45, 7) is 3.58. The number of carboxylic acid groups (broad SMARTS) is 1. The van der Waals surface area contributed by atoms with Gasteiger partial charge in [-0.3, -0.25) is 9.35 Å². The van der Waals surface area contributed by atoms with E-state index in [9.17, 15) is 22.6 Å². The molecule has 0 aliphatic carbocycles. The van der Waals surface area contributed by atoms with Crippen LogP contribution in [0.5, 0.6) is 0 Å². The first-order valence-corrected chi connectivity index (χ1v) is 8.79. The lowest BCUT2D eigenvalue weighted by Gasteiger charge is -2.12. The Bertz CT molecular complexity index is 1190. The van der Waals surface area contributed by atoms with Crippen molar-refractivity contribution in [3.05, 3.63) is 51.7 Å². The maximum atomic E-state index is 12.8. The summed E-state index contributed by atoms with van der Waals surface area (Å²) in [4.78, 5) is 23.5. The standard InChI is InChI=1S/C17H14O7S/c1-8(2)11-6-10(25(21,22)23)7-13-15(18)12-5-9(17(19)20)3-4-14(12)24-16(11)13/h3-8H,1-2H3,(H,19,20)(H,21,22,23). The SMILES string of the molecule is CC(C)c1cc(S(=O)(=O)O)cc2c(=O)c3cc(C(=O)O)ccc3oc12. The summed E-state index contributed by atoms with van der Waals surface area (Å²) < 4.78 is 38.1. The van der Waals surface area contributed by atoms with Gasteiger partial charge in [-0.2, -0.15) is 8.42 Å². The van der Waals surface area contributed by atoms with Crippen LogP contribution in [0.2, 0.25) is 0 Å². The lowest BCUT2D eigenvalue weighted by molar-refractivity contribution is 0.0697. The van der Waals surface area contributed by atoms with Crippen molar-refractivity contribution >= 4 is 38.0 Å². The number of aromatic carboxylic acids is 1. The summed E-state index contributed by atoms with van der Waals surface area (Å²) in [7, 11) is -4.52. The Hall–Kier alpha value is -2.71. The average molecular weight is 362 g/mol. The number of carboxylic acids is 1. The highest BCUT2D eigenvalue weighted by Gasteiger charge is 2.20. The summed E-state index contributed by atoms with van der Waals surface area (Å²) in [6, 6.07) is 6.19. The smallest absolute Gasteiger partial charge is 0.335 e. The van der Waals surface area contributed by atoms with E-state index in [0.717, 1.165) is 6.07 Å². The largest absolute Gasteiger partial charge is 0.478 e. The minimum Gasteiger partial charge on any atom is -0.478 e. The van der Waals surface area contributed by atoms with Gasteiger partial charge in [0.05, 0.1) is 21.2 Å². The third kappa shape index (κ3) is 2.90. The summed E-state index contributed by atoms with van der Waals surface area (Å²) in [5, 5.41) is 9.06. The van der Waals surface area contributed by atoms with Crippen LogP contribution in [0.1, 0.15) is 35.7 Å². The van der Waals surface area contributed by atoms with Crippen LogP contribution in [0.25, 0.3) is 21.9 Å². The summed E-state index contributed by atoms with van der Waals surface area (Å²) >= 11 is 0. The molecule has 0 saturated heterocycles. The topological polar surface area (TPSA) is 122 Å². The van der Waals surface area contributed by atoms with Crippen LogP contribution in [0.3, 0.4) is 0 Å². The minimum atomic E-state index is -4.52. The normalized spacial score (nSPS) is 12.2. The summed E-state index contributed by atoms with van der Waals surface area (Å²) in [5.41, 5.74) is 0.208. The summed E-state index contributed by atoms with van der Waals surface area (Å²) in [5.74, 6) is -1.38. The number of hydrogen-bond donors (Lipinski definition) is 2. The minimum absolute atomic E-state index is 0.0228. The quantitative estimate of drug-likeness (QED) is 0.542. The second-order valence-electron chi connectivity index (χ2n) is 5.97. The first-order valence-electron chi connectivity index (χ1n) is 7.35. The third-order valence-corrected chi connectivity index (χ3v) is 4.77. The lowest BCUT2D eigenvalue weighted by Crippen LogP contribution is -2.08. The molecule has 2 N–H and O–H groups in total. The molecule has 0 spiro atoms. The maximum absolute atomic E-state index is 12.8. The monoisotopic (exact) mass is 362 g/mol. The van der Waals surface area contributed by atoms with E-state index in [1.807, 2.05) is 0 Å². The zero-order valence-electron chi connectivity index (χ0n) is 13.3. The first-order chi connectivity index (χ1) is 11.6. The maximum Gasteiger partial charge on any atom is 0.335 e. The van der Waals surface area contributed by atoms with Gasteiger partial charge in [0.1, 0.15) is 11.2 Å². The van der Waals surface area contributed by atoms with Crippen LogP contribution in [-0.2, 0) is 10.1 Å². The Morgan fingerprint density at radius 3 is 2.36 bits per heavy atom. The molecule has 3 rings (SSSR count). The van der Waals surface area contributed by atoms with Crippen LogP contribution in [-0.4, -0.2) is 24.0 Å². The van der Waals surface area contributed by atoms with Crippen molar-refractivity contribution < 1.29 is 27.3 Å². The third-order valence-electron chi connectivity index (χ3n) is 3.94. The van der Waals surface area contributed by atoms with Crippen LogP contribution in [0.15, 0.2) is 44.4 Å². The number of rotatable bonds is 3. The fourth-order valence-corrected chi connectivity index (χ4v) is 3.21. The van der Waals surface area contributed by atoms with Gasteiger partial charge in [0.15, 0.2) is 0 Å². The van der Waals surface area contributed by atoms with Gasteiger partial charge in [-0.15, -0.1) is 0 Å². The second kappa shape index (κ2) is 5.68. The van der Waals surface area contributed by atoms with Crippen molar-refractivity contribution in [3.63, 3.8) is 0 Å². The summed E-state index contributed by atoms with van der Waals surface area (Å²) in [6.07, 6.45) is 0. The molecule has 0 fully saturated rings. The predicted octanol–water partition coefficient (Wildman–Crippen LogP) is 3.01. The van der Waals surface area contributed by atoms with E-state index in [0.29, 0.717) is 5.56 Å². The first kappa shape index (κ1) is 17.1. The highest BCUT2D eigenvalue weighted by atomic mass is 32.2. The van der Waals surface area contributed by atoms with Gasteiger partial charge in [-0.1, -0.05) is 13.8 Å². The van der Waals surface area contributed by atoms with Gasteiger partial charge in [-0.05, 0) is 41.8 Å². The highest BCUT2D eigenvalue weighted by Crippen LogP contribution is 2.30. The molecule has 0 unspecified atom stereocenters. The van der Waals surface area contributed by atoms with Crippen molar-refractivity contribution in [2.24, 2.45) is 0 Å². The second-order valence-corrected chi connectivity index (χ2v) is 7.39. The molecule has 1 aromatic heterocycles. The molecule has 0 bridgehead atoms. The average Bonchev–Trinajstić information content (AvgIpc) is 2.52. The Morgan fingerprint density at radius 2 is 1.80 bits per heavy atom. The molecule has 1 heterocycles. The van der Waals surface area contributed by atoms with Crippen molar-refractivity contribution in [3.8, 4) is 0 Å². The Labute approximate surface area is 142 Å². The number of hydrogen-bond acceptors (Lipinski definition) is 5. The van der Waals surface area contributed by atoms with Crippen molar-refractivity contribution in [2.75, 3.05) is 0 Å². The molecule has 0 amide bonds. The molecule has 2 aromatic carbocycles. The Kier molecular flexibility index (Phi) is 3.89. The van der Waals surface area contributed by atoms with Gasteiger partial charge >= 0.3 is 5.97 Å². The van der Waals surface area contributed by atoms with E-state index in [-0.39, 0.29) is 33.4 Å². The van der Waals surface area contributed by atoms with Gasteiger partial charge < -0.3 is 9.52 Å². The molecular formula is C17H14O7S. The van der Waals surface area contributed by atoms with E-state index in [4.69, 9.17) is 9.52 Å². The number of carbonyl (C=O) groups is 1. The fraction of sp³-hybridized carbons (Fsp3) is 0.176. The molecular weight excluding hydrogens is 348 g/mol. The van der Waals surface area contributed by atoms with E-state index in [1.54, 1.807) is 13.8 Å². The molecule has 3 aromatic rings. The molecule has 0 aliphatic rings. The molecule has 0 saturated carbocycles. The molecule has 0 radical (unpaired) electrons. The fourth-order valence-electron chi connectivity index (χ4n) is 2.67.